The van der Waals surface area contributed by atoms with Crippen molar-refractivity contribution in [2.75, 3.05) is 6.61 Å². The van der Waals surface area contributed by atoms with Crippen LogP contribution in [0, 0.1) is 5.92 Å². The molecular weight excluding hydrogens is 380 g/mol. The molecule has 0 aromatic carbocycles. The number of fused-ring (bicyclic) bond motifs is 3. The van der Waals surface area contributed by atoms with Gasteiger partial charge in [0.2, 0.25) is 0 Å². The van der Waals surface area contributed by atoms with E-state index in [9.17, 15) is 19.5 Å². The number of ether oxygens (including phenoxy) is 4. The maximum atomic E-state index is 12.5. The molecule has 0 unspecified atom stereocenters. The first kappa shape index (κ1) is 21.3. The summed E-state index contributed by atoms with van der Waals surface area (Å²) in [6.07, 6.45) is 1.81. The lowest BCUT2D eigenvalue weighted by atomic mass is 9.86. The van der Waals surface area contributed by atoms with E-state index in [1.807, 2.05) is 0 Å². The van der Waals surface area contributed by atoms with Crippen molar-refractivity contribution < 1.29 is 38.4 Å². The van der Waals surface area contributed by atoms with Crippen LogP contribution in [0.5, 0.6) is 0 Å². The quantitative estimate of drug-likeness (QED) is 0.429. The lowest BCUT2D eigenvalue weighted by Crippen LogP contribution is -2.40. The summed E-state index contributed by atoms with van der Waals surface area (Å²) >= 11 is 0. The molecule has 29 heavy (non-hydrogen) atoms. The van der Waals surface area contributed by atoms with Crippen LogP contribution in [0.3, 0.4) is 0 Å². The minimum Gasteiger partial charge on any atom is -0.461 e. The van der Waals surface area contributed by atoms with Crippen LogP contribution in [0.4, 0.5) is 0 Å². The number of rotatable bonds is 4. The van der Waals surface area contributed by atoms with E-state index in [1.54, 1.807) is 19.9 Å². The zero-order valence-corrected chi connectivity index (χ0v) is 17.1. The summed E-state index contributed by atoms with van der Waals surface area (Å²) in [6.45, 7) is 9.62. The van der Waals surface area contributed by atoms with Crippen LogP contribution in [0.25, 0.3) is 0 Å². The lowest BCUT2D eigenvalue weighted by molar-refractivity contribution is -0.238. The number of carbonyl (C=O) groups is 3. The van der Waals surface area contributed by atoms with E-state index < -0.39 is 41.3 Å². The van der Waals surface area contributed by atoms with E-state index in [1.165, 1.54) is 13.8 Å². The average molecular weight is 406 g/mol. The molecule has 8 heteroatoms. The van der Waals surface area contributed by atoms with Gasteiger partial charge in [-0.25, -0.2) is 9.59 Å². The van der Waals surface area contributed by atoms with Gasteiger partial charge in [-0.1, -0.05) is 13.5 Å². The number of aliphatic hydroxyl groups is 1. The average Bonchev–Trinajstić information content (AvgIpc) is 3.09. The molecule has 0 aromatic heterocycles. The Kier molecular flexibility index (Phi) is 5.44. The van der Waals surface area contributed by atoms with Crippen LogP contribution < -0.4 is 0 Å². The van der Waals surface area contributed by atoms with E-state index in [4.69, 9.17) is 18.9 Å². The number of carbonyl (C=O) groups excluding carboxylic acids is 3. The third kappa shape index (κ3) is 4.13. The van der Waals surface area contributed by atoms with Crippen molar-refractivity contribution in [3.63, 3.8) is 0 Å². The monoisotopic (exact) mass is 406 g/mol. The lowest BCUT2D eigenvalue weighted by Gasteiger charge is -2.33. The predicted molar refractivity (Wildman–Crippen MR) is 100.0 cm³/mol. The zero-order valence-electron chi connectivity index (χ0n) is 17.1. The highest BCUT2D eigenvalue weighted by Crippen LogP contribution is 2.47. The van der Waals surface area contributed by atoms with Crippen molar-refractivity contribution in [3.05, 3.63) is 35.1 Å². The molecular formula is C21H26O8. The largest absolute Gasteiger partial charge is 0.461 e. The SMILES string of the molecule is C=C(C)C(=O)O[C@H]1C[C@@H](C)[C@]2(O)CC[C@](C)(C=C3OC(=O)C(COC(C)=O)=C31)O2. The van der Waals surface area contributed by atoms with Gasteiger partial charge in [0.15, 0.2) is 5.79 Å². The summed E-state index contributed by atoms with van der Waals surface area (Å²) in [4.78, 5) is 36.1. The Balaban J connectivity index is 2.12. The van der Waals surface area contributed by atoms with E-state index in [0.29, 0.717) is 18.4 Å². The van der Waals surface area contributed by atoms with Gasteiger partial charge < -0.3 is 24.1 Å². The Morgan fingerprint density at radius 3 is 2.66 bits per heavy atom. The molecule has 0 aromatic rings. The van der Waals surface area contributed by atoms with Gasteiger partial charge in [-0.2, -0.15) is 0 Å². The molecule has 0 aliphatic carbocycles. The summed E-state index contributed by atoms with van der Waals surface area (Å²) in [6, 6.07) is 0. The van der Waals surface area contributed by atoms with E-state index in [-0.39, 0.29) is 29.9 Å². The maximum absolute atomic E-state index is 12.5. The van der Waals surface area contributed by atoms with Crippen LogP contribution in [0.2, 0.25) is 0 Å². The summed E-state index contributed by atoms with van der Waals surface area (Å²) in [5.74, 6) is -3.49. The van der Waals surface area contributed by atoms with E-state index in [2.05, 4.69) is 6.58 Å². The van der Waals surface area contributed by atoms with Gasteiger partial charge in [-0.15, -0.1) is 0 Å². The molecule has 0 saturated carbocycles. The minimum atomic E-state index is -1.40. The van der Waals surface area contributed by atoms with Crippen molar-refractivity contribution in [1.82, 2.24) is 0 Å². The molecule has 8 nitrogen and oxygen atoms in total. The molecule has 1 N–H and O–H groups in total. The Hall–Kier alpha value is -2.45. The standard InChI is InChI=1S/C21H26O8/c1-11(2)18(23)27-15-8-12(3)21(25)7-6-20(5,29-21)9-16-17(15)14(19(24)28-16)10-26-13(4)22/h9,12,15,25H,1,6-8,10H2,2-5H3/t12-,15+,20-,21+/m1/s1. The van der Waals surface area contributed by atoms with Crippen LogP contribution in [0.15, 0.2) is 35.1 Å². The molecule has 2 bridgehead atoms. The zero-order chi connectivity index (χ0) is 21.6. The molecule has 0 amide bonds. The summed E-state index contributed by atoms with van der Waals surface area (Å²) in [5.41, 5.74) is -0.238. The number of hydrogen-bond donors (Lipinski definition) is 1. The Morgan fingerprint density at radius 2 is 2.03 bits per heavy atom. The van der Waals surface area contributed by atoms with Gasteiger partial charge in [-0.3, -0.25) is 4.79 Å². The van der Waals surface area contributed by atoms with Gasteiger partial charge in [0.25, 0.3) is 0 Å². The van der Waals surface area contributed by atoms with Crippen LogP contribution in [-0.2, 0) is 33.3 Å². The molecule has 0 radical (unpaired) electrons. The smallest absolute Gasteiger partial charge is 0.343 e. The van der Waals surface area contributed by atoms with Crippen molar-refractivity contribution in [2.45, 2.75) is 64.4 Å². The molecule has 3 aliphatic heterocycles. The van der Waals surface area contributed by atoms with Crippen molar-refractivity contribution in [2.24, 2.45) is 5.92 Å². The summed E-state index contributed by atoms with van der Waals surface area (Å²) < 4.78 is 22.1. The number of hydrogen-bond acceptors (Lipinski definition) is 8. The molecule has 158 valence electrons. The molecule has 3 rings (SSSR count). The molecule has 0 spiro atoms. The van der Waals surface area contributed by atoms with Gasteiger partial charge in [0.05, 0.1) is 11.2 Å². The summed E-state index contributed by atoms with van der Waals surface area (Å²) in [7, 11) is 0. The fraction of sp³-hybridized carbons (Fsp3) is 0.571. The Labute approximate surface area is 169 Å². The highest BCUT2D eigenvalue weighted by Gasteiger charge is 2.52. The first-order valence-corrected chi connectivity index (χ1v) is 9.55. The Bertz CT molecular complexity index is 838. The normalized spacial score (nSPS) is 33.7. The molecule has 3 heterocycles. The highest BCUT2D eigenvalue weighted by atomic mass is 16.6. The second-order valence-electron chi connectivity index (χ2n) is 8.14. The first-order chi connectivity index (χ1) is 13.4. The van der Waals surface area contributed by atoms with Crippen LogP contribution in [-0.4, -0.2) is 47.1 Å². The van der Waals surface area contributed by atoms with Gasteiger partial charge in [0, 0.05) is 30.4 Å². The van der Waals surface area contributed by atoms with Crippen molar-refractivity contribution in [3.8, 4) is 0 Å². The van der Waals surface area contributed by atoms with Gasteiger partial charge in [-0.05, 0) is 32.8 Å². The first-order valence-electron chi connectivity index (χ1n) is 9.55. The van der Waals surface area contributed by atoms with Crippen molar-refractivity contribution >= 4 is 17.9 Å². The van der Waals surface area contributed by atoms with E-state index in [0.717, 1.165) is 0 Å². The molecule has 4 atom stereocenters. The second-order valence-corrected chi connectivity index (χ2v) is 8.14. The van der Waals surface area contributed by atoms with Crippen LogP contribution >= 0.6 is 0 Å². The molecule has 1 saturated heterocycles. The van der Waals surface area contributed by atoms with Crippen molar-refractivity contribution in [1.29, 1.82) is 0 Å². The maximum Gasteiger partial charge on any atom is 0.343 e. The van der Waals surface area contributed by atoms with Crippen LogP contribution in [0.1, 0.15) is 47.0 Å². The summed E-state index contributed by atoms with van der Waals surface area (Å²) in [5, 5.41) is 11.0. The predicted octanol–water partition coefficient (Wildman–Crippen LogP) is 2.07. The van der Waals surface area contributed by atoms with E-state index >= 15 is 0 Å². The van der Waals surface area contributed by atoms with Gasteiger partial charge >= 0.3 is 17.9 Å². The Morgan fingerprint density at radius 1 is 1.34 bits per heavy atom. The molecule has 1 fully saturated rings. The third-order valence-electron chi connectivity index (χ3n) is 5.54. The fourth-order valence-electron chi connectivity index (χ4n) is 3.86. The highest BCUT2D eigenvalue weighted by molar-refractivity contribution is 5.96. The third-order valence-corrected chi connectivity index (χ3v) is 5.54. The van der Waals surface area contributed by atoms with Gasteiger partial charge in [0.1, 0.15) is 18.5 Å². The fourth-order valence-corrected chi connectivity index (χ4v) is 3.86. The molecule has 3 aliphatic rings. The second kappa shape index (κ2) is 7.42. The minimum absolute atomic E-state index is 0.103. The number of esters is 3. The topological polar surface area (TPSA) is 108 Å².